The Kier molecular flexibility index (Phi) is 6.91. The van der Waals surface area contributed by atoms with Crippen molar-refractivity contribution in [3.8, 4) is 0 Å². The Labute approximate surface area is 146 Å². The first kappa shape index (κ1) is 18.3. The van der Waals surface area contributed by atoms with Crippen LogP contribution in [0.5, 0.6) is 0 Å². The van der Waals surface area contributed by atoms with E-state index in [0.29, 0.717) is 24.4 Å². The van der Waals surface area contributed by atoms with Gasteiger partial charge in [-0.2, -0.15) is 0 Å². The van der Waals surface area contributed by atoms with E-state index in [1.165, 1.54) is 24.0 Å². The summed E-state index contributed by atoms with van der Waals surface area (Å²) >= 11 is 0. The summed E-state index contributed by atoms with van der Waals surface area (Å²) in [6, 6.07) is 9.50. The number of hydrogen-bond acceptors (Lipinski definition) is 2. The summed E-state index contributed by atoms with van der Waals surface area (Å²) in [4.78, 5) is 15.0. The topological polar surface area (TPSA) is 46.3 Å². The molecule has 3 rings (SSSR count). The van der Waals surface area contributed by atoms with Crippen molar-refractivity contribution in [3.05, 3.63) is 35.4 Å². The molecule has 1 aromatic carbocycles. The number of aryl methyl sites for hydroxylation is 1. The van der Waals surface area contributed by atoms with E-state index >= 15 is 0 Å². The largest absolute Gasteiger partial charge is 0.333 e. The quantitative estimate of drug-likeness (QED) is 0.729. The minimum Gasteiger partial charge on any atom is -0.333 e. The van der Waals surface area contributed by atoms with Gasteiger partial charge in [-0.1, -0.05) is 37.1 Å². The zero-order valence-electron chi connectivity index (χ0n) is 13.9. The molecule has 2 aliphatic rings. The normalized spacial score (nSPS) is 19.1. The minimum atomic E-state index is 0. The van der Waals surface area contributed by atoms with Gasteiger partial charge in [0.1, 0.15) is 0 Å². The molecule has 2 aliphatic carbocycles. The lowest BCUT2D eigenvalue weighted by Crippen LogP contribution is -2.35. The van der Waals surface area contributed by atoms with Crippen LogP contribution < -0.4 is 5.73 Å². The average molecular weight is 337 g/mol. The summed E-state index contributed by atoms with van der Waals surface area (Å²) in [7, 11) is 0. The van der Waals surface area contributed by atoms with Crippen LogP contribution in [0.25, 0.3) is 0 Å². The molecular formula is C19H29ClN2O. The Bertz CT molecular complexity index is 516. The summed E-state index contributed by atoms with van der Waals surface area (Å²) in [5.74, 6) is 0.372. The maximum Gasteiger partial charge on any atom is 0.223 e. The van der Waals surface area contributed by atoms with E-state index in [1.807, 2.05) is 0 Å². The van der Waals surface area contributed by atoms with Crippen LogP contribution in [0.15, 0.2) is 24.3 Å². The Balaban J connectivity index is 0.00000192. The fraction of sp³-hybridized carbons (Fsp3) is 0.632. The second-order valence-electron chi connectivity index (χ2n) is 6.74. The Morgan fingerprint density at radius 1 is 1.09 bits per heavy atom. The molecule has 0 spiro atoms. The van der Waals surface area contributed by atoms with Crippen molar-refractivity contribution in [3.63, 3.8) is 0 Å². The van der Waals surface area contributed by atoms with Crippen LogP contribution in [-0.2, 0) is 11.2 Å². The molecule has 1 fully saturated rings. The van der Waals surface area contributed by atoms with Crippen molar-refractivity contribution in [2.45, 2.75) is 69.9 Å². The summed E-state index contributed by atoms with van der Waals surface area (Å²) in [6.45, 7) is 0.765. The van der Waals surface area contributed by atoms with Crippen molar-refractivity contribution in [2.75, 3.05) is 6.54 Å². The third kappa shape index (κ3) is 4.48. The molecule has 1 aromatic rings. The molecule has 3 nitrogen and oxygen atoms in total. The molecule has 0 heterocycles. The summed E-state index contributed by atoms with van der Waals surface area (Å²) in [6.07, 6.45) is 9.69. The van der Waals surface area contributed by atoms with Gasteiger partial charge in [0.2, 0.25) is 5.91 Å². The molecule has 0 aromatic heterocycles. The number of nitrogens with two attached hydrogens (primary N) is 1. The van der Waals surface area contributed by atoms with Crippen LogP contribution in [0.4, 0.5) is 0 Å². The number of rotatable bonds is 8. The number of benzene rings is 1. The smallest absolute Gasteiger partial charge is 0.223 e. The van der Waals surface area contributed by atoms with Gasteiger partial charge in [-0.3, -0.25) is 4.79 Å². The Hall–Kier alpha value is -1.06. The fourth-order valence-corrected chi connectivity index (χ4v) is 3.71. The van der Waals surface area contributed by atoms with Gasteiger partial charge in [0, 0.05) is 12.5 Å². The van der Waals surface area contributed by atoms with E-state index in [-0.39, 0.29) is 12.4 Å². The second kappa shape index (κ2) is 8.70. The zero-order chi connectivity index (χ0) is 15.4. The van der Waals surface area contributed by atoms with Gasteiger partial charge in [0.15, 0.2) is 0 Å². The van der Waals surface area contributed by atoms with Crippen LogP contribution in [0, 0.1) is 0 Å². The van der Waals surface area contributed by atoms with Crippen molar-refractivity contribution >= 4 is 18.3 Å². The van der Waals surface area contributed by atoms with E-state index in [4.69, 9.17) is 5.73 Å². The van der Waals surface area contributed by atoms with Crippen LogP contribution in [0.1, 0.15) is 68.5 Å². The number of nitrogens with zero attached hydrogens (tertiary/aromatic N) is 1. The minimum absolute atomic E-state index is 0. The van der Waals surface area contributed by atoms with E-state index in [0.717, 1.165) is 45.1 Å². The third-order valence-corrected chi connectivity index (χ3v) is 5.01. The number of carbonyl (C=O) groups excluding carboxylic acids is 1. The molecule has 1 saturated carbocycles. The number of hydrogen-bond donors (Lipinski definition) is 1. The van der Waals surface area contributed by atoms with Crippen molar-refractivity contribution in [1.82, 2.24) is 4.90 Å². The molecular weight excluding hydrogens is 308 g/mol. The van der Waals surface area contributed by atoms with Gasteiger partial charge in [0.05, 0.1) is 6.04 Å². The van der Waals surface area contributed by atoms with Gasteiger partial charge in [0.25, 0.3) is 0 Å². The third-order valence-electron chi connectivity index (χ3n) is 5.01. The Morgan fingerprint density at radius 2 is 1.83 bits per heavy atom. The van der Waals surface area contributed by atoms with Crippen molar-refractivity contribution in [1.29, 1.82) is 0 Å². The molecule has 0 bridgehead atoms. The van der Waals surface area contributed by atoms with E-state index in [9.17, 15) is 4.79 Å². The van der Waals surface area contributed by atoms with Crippen molar-refractivity contribution in [2.24, 2.45) is 5.73 Å². The molecule has 1 atom stereocenters. The lowest BCUT2D eigenvalue weighted by Gasteiger charge is -2.30. The van der Waals surface area contributed by atoms with E-state index in [2.05, 4.69) is 29.2 Å². The van der Waals surface area contributed by atoms with Crippen molar-refractivity contribution < 1.29 is 4.79 Å². The van der Waals surface area contributed by atoms with Crippen LogP contribution in [0.3, 0.4) is 0 Å². The van der Waals surface area contributed by atoms with Gasteiger partial charge in [-0.05, 0) is 56.2 Å². The van der Waals surface area contributed by atoms with Gasteiger partial charge in [-0.15, -0.1) is 12.4 Å². The van der Waals surface area contributed by atoms with Crippen LogP contribution in [-0.4, -0.2) is 23.4 Å². The summed E-state index contributed by atoms with van der Waals surface area (Å²) in [5, 5.41) is 0. The highest BCUT2D eigenvalue weighted by Gasteiger charge is 2.39. The maximum absolute atomic E-state index is 12.8. The average Bonchev–Trinajstić information content (AvgIpc) is 3.28. The molecule has 1 amide bonds. The molecule has 0 aliphatic heterocycles. The SMILES string of the molecule is Cl.NCCCCCCC(=O)N(C1CC1)C1CCc2ccccc21. The monoisotopic (exact) mass is 336 g/mol. The van der Waals surface area contributed by atoms with Gasteiger partial charge in [-0.25, -0.2) is 0 Å². The lowest BCUT2D eigenvalue weighted by molar-refractivity contribution is -0.134. The van der Waals surface area contributed by atoms with E-state index in [1.54, 1.807) is 0 Å². The first-order valence-corrected chi connectivity index (χ1v) is 8.90. The predicted octanol–water partition coefficient (Wildman–Crippen LogP) is 4.00. The van der Waals surface area contributed by atoms with E-state index < -0.39 is 0 Å². The summed E-state index contributed by atoms with van der Waals surface area (Å²) < 4.78 is 0. The number of amides is 1. The highest BCUT2D eigenvalue weighted by Crippen LogP contribution is 2.42. The van der Waals surface area contributed by atoms with Crippen LogP contribution in [0.2, 0.25) is 0 Å². The molecule has 0 saturated heterocycles. The molecule has 128 valence electrons. The number of carbonyl (C=O) groups is 1. The van der Waals surface area contributed by atoms with Gasteiger partial charge >= 0.3 is 0 Å². The zero-order valence-corrected chi connectivity index (χ0v) is 14.7. The molecule has 2 N–H and O–H groups in total. The molecule has 1 unspecified atom stereocenters. The molecule has 0 radical (unpaired) electrons. The van der Waals surface area contributed by atoms with Crippen LogP contribution >= 0.6 is 12.4 Å². The predicted molar refractivity (Wildman–Crippen MR) is 96.8 cm³/mol. The molecule has 4 heteroatoms. The second-order valence-corrected chi connectivity index (χ2v) is 6.74. The first-order valence-electron chi connectivity index (χ1n) is 8.90. The number of unbranched alkanes of at least 4 members (excludes halogenated alkanes) is 3. The number of halogens is 1. The molecule has 23 heavy (non-hydrogen) atoms. The van der Waals surface area contributed by atoms with Gasteiger partial charge < -0.3 is 10.6 Å². The number of fused-ring (bicyclic) bond motifs is 1. The lowest BCUT2D eigenvalue weighted by atomic mass is 10.1. The highest BCUT2D eigenvalue weighted by molar-refractivity contribution is 5.85. The standard InChI is InChI=1S/C19H28N2O.ClH/c20-14-6-2-1-3-9-19(22)21(16-11-12-16)18-13-10-15-7-4-5-8-17(15)18;/h4-5,7-8,16,18H,1-3,6,9-14,20H2;1H. The maximum atomic E-state index is 12.8. The first-order chi connectivity index (χ1) is 10.8. The Morgan fingerprint density at radius 3 is 2.57 bits per heavy atom. The summed E-state index contributed by atoms with van der Waals surface area (Å²) in [5.41, 5.74) is 8.35. The fourth-order valence-electron chi connectivity index (χ4n) is 3.71. The highest BCUT2D eigenvalue weighted by atomic mass is 35.5.